The van der Waals surface area contributed by atoms with Crippen LogP contribution in [0.15, 0.2) is 28.9 Å². The number of rotatable bonds is 5. The van der Waals surface area contributed by atoms with E-state index in [1.807, 2.05) is 6.20 Å². The highest BCUT2D eigenvalue weighted by Gasteiger charge is 2.22. The van der Waals surface area contributed by atoms with Crippen molar-refractivity contribution in [2.45, 2.75) is 39.2 Å². The van der Waals surface area contributed by atoms with E-state index < -0.39 is 0 Å². The Balaban J connectivity index is 2.66. The van der Waals surface area contributed by atoms with Gasteiger partial charge in [0.2, 0.25) is 0 Å². The Morgan fingerprint density at radius 1 is 1.53 bits per heavy atom. The van der Waals surface area contributed by atoms with Crippen molar-refractivity contribution >= 4 is 17.4 Å². The third-order valence-electron chi connectivity index (χ3n) is 2.40. The Hall–Kier alpha value is -0.760. The lowest BCUT2D eigenvalue weighted by Crippen LogP contribution is -2.30. The molecular formula is C12H19ClN2. The number of halogens is 1. The minimum absolute atomic E-state index is 0.362. The zero-order chi connectivity index (χ0) is 11.1. The number of amidine groups is 1. The average Bonchev–Trinajstić information content (AvgIpc) is 2.60. The van der Waals surface area contributed by atoms with Gasteiger partial charge in [0.1, 0.15) is 5.84 Å². The van der Waals surface area contributed by atoms with Gasteiger partial charge in [-0.3, -0.25) is 4.99 Å². The molecule has 0 aliphatic carbocycles. The second-order valence-corrected chi connectivity index (χ2v) is 3.84. The fourth-order valence-electron chi connectivity index (χ4n) is 1.70. The fourth-order valence-corrected chi connectivity index (χ4v) is 1.82. The van der Waals surface area contributed by atoms with E-state index in [-0.39, 0.29) is 0 Å². The van der Waals surface area contributed by atoms with Crippen LogP contribution in [0.5, 0.6) is 0 Å². The van der Waals surface area contributed by atoms with Crippen LogP contribution in [0.1, 0.15) is 33.1 Å². The van der Waals surface area contributed by atoms with E-state index in [4.69, 9.17) is 11.6 Å². The molecule has 0 spiro atoms. The summed E-state index contributed by atoms with van der Waals surface area (Å²) in [4.78, 5) is 6.71. The lowest BCUT2D eigenvalue weighted by molar-refractivity contribution is 0.505. The molecule has 0 amide bonds. The Morgan fingerprint density at radius 2 is 2.33 bits per heavy atom. The molecule has 0 aromatic heterocycles. The molecule has 0 saturated carbocycles. The molecule has 84 valence electrons. The highest BCUT2D eigenvalue weighted by Crippen LogP contribution is 2.16. The maximum atomic E-state index is 5.65. The summed E-state index contributed by atoms with van der Waals surface area (Å²) in [6.45, 7) is 5.16. The Kier molecular flexibility index (Phi) is 5.48. The minimum atomic E-state index is 0.362. The van der Waals surface area contributed by atoms with E-state index in [0.717, 1.165) is 31.6 Å². The number of allylic oxidation sites excluding steroid dienone is 1. The van der Waals surface area contributed by atoms with Gasteiger partial charge >= 0.3 is 0 Å². The van der Waals surface area contributed by atoms with E-state index in [1.165, 1.54) is 0 Å². The molecule has 2 nitrogen and oxygen atoms in total. The number of aliphatic imine (C=N–C) groups is 1. The summed E-state index contributed by atoms with van der Waals surface area (Å²) >= 11 is 5.65. The summed E-state index contributed by atoms with van der Waals surface area (Å²) in [5.41, 5.74) is 1.56. The highest BCUT2D eigenvalue weighted by atomic mass is 35.5. The van der Waals surface area contributed by atoms with Gasteiger partial charge in [-0.05, 0) is 12.8 Å². The van der Waals surface area contributed by atoms with Gasteiger partial charge in [-0.15, -0.1) is 0 Å². The van der Waals surface area contributed by atoms with Crippen LogP contribution in [0.4, 0.5) is 0 Å². The lowest BCUT2D eigenvalue weighted by Gasteiger charge is -2.21. The van der Waals surface area contributed by atoms with E-state index in [0.29, 0.717) is 6.04 Å². The summed E-state index contributed by atoms with van der Waals surface area (Å²) in [6.07, 6.45) is 9.52. The molecule has 1 aliphatic rings. The van der Waals surface area contributed by atoms with Gasteiger partial charge in [0.25, 0.3) is 0 Å². The van der Waals surface area contributed by atoms with Crippen LogP contribution >= 0.6 is 11.6 Å². The van der Waals surface area contributed by atoms with Crippen molar-refractivity contribution in [3.8, 4) is 0 Å². The molecule has 0 bridgehead atoms. The van der Waals surface area contributed by atoms with Crippen molar-refractivity contribution in [2.24, 2.45) is 4.99 Å². The van der Waals surface area contributed by atoms with Crippen LogP contribution in [0.2, 0.25) is 0 Å². The van der Waals surface area contributed by atoms with Crippen molar-refractivity contribution < 1.29 is 0 Å². The van der Waals surface area contributed by atoms with Gasteiger partial charge < -0.3 is 4.90 Å². The van der Waals surface area contributed by atoms with Gasteiger partial charge in [0.15, 0.2) is 0 Å². The smallest absolute Gasteiger partial charge is 0.104 e. The Labute approximate surface area is 97.3 Å². The average molecular weight is 227 g/mol. The van der Waals surface area contributed by atoms with E-state index in [2.05, 4.69) is 35.9 Å². The summed E-state index contributed by atoms with van der Waals surface area (Å²) in [5.74, 6) is 1.15. The van der Waals surface area contributed by atoms with Gasteiger partial charge in [0.05, 0.1) is 12.6 Å². The second kappa shape index (κ2) is 6.67. The molecule has 1 atom stereocenters. The third-order valence-corrected chi connectivity index (χ3v) is 2.51. The molecule has 1 unspecified atom stereocenters. The van der Waals surface area contributed by atoms with Crippen LogP contribution in [-0.4, -0.2) is 23.3 Å². The molecule has 15 heavy (non-hydrogen) atoms. The first-order chi connectivity index (χ1) is 7.33. The Bertz CT molecular complexity index is 269. The largest absolute Gasteiger partial charge is 0.327 e. The van der Waals surface area contributed by atoms with E-state index in [9.17, 15) is 0 Å². The highest BCUT2D eigenvalue weighted by molar-refractivity contribution is 6.25. The van der Waals surface area contributed by atoms with Crippen LogP contribution < -0.4 is 0 Å². The molecule has 3 heteroatoms. The zero-order valence-electron chi connectivity index (χ0n) is 9.49. The summed E-state index contributed by atoms with van der Waals surface area (Å²) in [7, 11) is 0. The molecule has 0 radical (unpaired) electrons. The van der Waals surface area contributed by atoms with Crippen LogP contribution in [0.3, 0.4) is 0 Å². The fraction of sp³-hybridized carbons (Fsp3) is 0.583. The first-order valence-electron chi connectivity index (χ1n) is 5.58. The van der Waals surface area contributed by atoms with Gasteiger partial charge in [-0.2, -0.15) is 0 Å². The predicted molar refractivity (Wildman–Crippen MR) is 67.3 cm³/mol. The lowest BCUT2D eigenvalue weighted by atomic mass is 10.2. The van der Waals surface area contributed by atoms with Crippen molar-refractivity contribution in [3.63, 3.8) is 0 Å². The van der Waals surface area contributed by atoms with Crippen LogP contribution in [0, 0.1) is 0 Å². The van der Waals surface area contributed by atoms with Crippen molar-refractivity contribution in [3.05, 3.63) is 23.9 Å². The van der Waals surface area contributed by atoms with E-state index >= 15 is 0 Å². The van der Waals surface area contributed by atoms with Gasteiger partial charge in [0, 0.05) is 18.2 Å². The van der Waals surface area contributed by atoms with Crippen molar-refractivity contribution in [1.82, 2.24) is 4.90 Å². The quantitative estimate of drug-likeness (QED) is 0.655. The number of hydrogen-bond acceptors (Lipinski definition) is 2. The molecule has 0 N–H and O–H groups in total. The predicted octanol–water partition coefficient (Wildman–Crippen LogP) is 3.55. The van der Waals surface area contributed by atoms with Gasteiger partial charge in [-0.25, -0.2) is 0 Å². The molecule has 0 aromatic carbocycles. The number of nitrogens with zero attached hydrogens (tertiary/aromatic N) is 2. The molecule has 1 aliphatic heterocycles. The molecule has 0 fully saturated rings. The van der Waals surface area contributed by atoms with Crippen molar-refractivity contribution in [1.29, 1.82) is 0 Å². The van der Waals surface area contributed by atoms with Gasteiger partial charge in [-0.1, -0.05) is 37.6 Å². The van der Waals surface area contributed by atoms with E-state index in [1.54, 1.807) is 5.54 Å². The number of hydrogen-bond donors (Lipinski definition) is 0. The maximum Gasteiger partial charge on any atom is 0.104 e. The summed E-state index contributed by atoms with van der Waals surface area (Å²) < 4.78 is 0. The molecule has 1 heterocycles. The Morgan fingerprint density at radius 3 is 2.93 bits per heavy atom. The second-order valence-electron chi connectivity index (χ2n) is 3.59. The summed E-state index contributed by atoms with van der Waals surface area (Å²) in [5, 5.41) is 0. The normalized spacial score (nSPS) is 21.9. The molecule has 0 saturated heterocycles. The SMILES string of the molecule is CC/C=C/C1CN=C(CCC)N1/C=C/Cl. The molecule has 0 aromatic rings. The minimum Gasteiger partial charge on any atom is -0.327 e. The zero-order valence-corrected chi connectivity index (χ0v) is 10.2. The summed E-state index contributed by atoms with van der Waals surface area (Å²) in [6, 6.07) is 0.362. The first-order valence-corrected chi connectivity index (χ1v) is 6.02. The first kappa shape index (κ1) is 12.3. The monoisotopic (exact) mass is 226 g/mol. The molecular weight excluding hydrogens is 208 g/mol. The maximum absolute atomic E-state index is 5.65. The third kappa shape index (κ3) is 3.38. The molecule has 1 rings (SSSR count). The topological polar surface area (TPSA) is 15.6 Å². The standard InChI is InChI=1S/C12H19ClN2/c1-3-5-7-11-10-14-12(6-4-2)15(11)9-8-13/h5,7-9,11H,3-4,6,10H2,1-2H3/b7-5+,9-8+. The van der Waals surface area contributed by atoms with Crippen molar-refractivity contribution in [2.75, 3.05) is 6.54 Å². The van der Waals surface area contributed by atoms with Crippen LogP contribution in [0.25, 0.3) is 0 Å². The van der Waals surface area contributed by atoms with Crippen LogP contribution in [-0.2, 0) is 0 Å².